The van der Waals surface area contributed by atoms with Gasteiger partial charge in [0, 0.05) is 19.5 Å². The zero-order valence-electron chi connectivity index (χ0n) is 7.82. The van der Waals surface area contributed by atoms with Crippen LogP contribution in [0.3, 0.4) is 0 Å². The van der Waals surface area contributed by atoms with Gasteiger partial charge >= 0.3 is 5.97 Å². The van der Waals surface area contributed by atoms with Gasteiger partial charge in [0.1, 0.15) is 0 Å². The Bertz CT molecular complexity index is 164. The summed E-state index contributed by atoms with van der Waals surface area (Å²) in [4.78, 5) is 22.6. The normalized spacial score (nSPS) is 10.3. The predicted molar refractivity (Wildman–Crippen MR) is 48.2 cm³/mol. The van der Waals surface area contributed by atoms with E-state index in [0.29, 0.717) is 13.1 Å². The highest BCUT2D eigenvalue weighted by atomic mass is 16.4. The molecule has 3 N–H and O–H groups in total. The molecule has 0 saturated heterocycles. The molecule has 0 aromatic carbocycles. The van der Waals surface area contributed by atoms with Crippen molar-refractivity contribution in [3.63, 3.8) is 0 Å². The Hall–Kier alpha value is -1.10. The molecule has 0 aliphatic carbocycles. The molecular weight excluding hydrogens is 172 g/mol. The van der Waals surface area contributed by atoms with E-state index < -0.39 is 5.97 Å². The van der Waals surface area contributed by atoms with E-state index >= 15 is 0 Å². The fraction of sp³-hybridized carbons (Fsp3) is 0.750. The number of hydrogen-bond acceptors (Lipinski definition) is 3. The van der Waals surface area contributed by atoms with E-state index in [1.807, 2.05) is 11.8 Å². The monoisotopic (exact) mass is 188 g/mol. The van der Waals surface area contributed by atoms with Gasteiger partial charge in [-0.3, -0.25) is 9.59 Å². The lowest BCUT2D eigenvalue weighted by Crippen LogP contribution is -2.30. The lowest BCUT2D eigenvalue weighted by molar-refractivity contribution is -0.137. The maximum atomic E-state index is 10.4. The van der Waals surface area contributed by atoms with Crippen LogP contribution in [0.1, 0.15) is 19.8 Å². The predicted octanol–water partition coefficient (Wildman–Crippen LogP) is -0.342. The Morgan fingerprint density at radius 1 is 1.31 bits per heavy atom. The number of amides is 1. The quantitative estimate of drug-likeness (QED) is 0.572. The van der Waals surface area contributed by atoms with Crippen molar-refractivity contribution in [2.45, 2.75) is 19.8 Å². The molecule has 0 aromatic rings. The maximum Gasteiger partial charge on any atom is 0.304 e. The highest BCUT2D eigenvalue weighted by Crippen LogP contribution is 1.93. The van der Waals surface area contributed by atoms with Crippen molar-refractivity contribution in [3.05, 3.63) is 0 Å². The molecule has 0 rings (SSSR count). The van der Waals surface area contributed by atoms with Gasteiger partial charge in [-0.05, 0) is 6.54 Å². The maximum absolute atomic E-state index is 10.4. The summed E-state index contributed by atoms with van der Waals surface area (Å²) in [5.41, 5.74) is 4.97. The Balaban J connectivity index is 3.63. The van der Waals surface area contributed by atoms with Gasteiger partial charge in [-0.1, -0.05) is 6.92 Å². The topological polar surface area (TPSA) is 83.6 Å². The summed E-state index contributed by atoms with van der Waals surface area (Å²) >= 11 is 0. The molecule has 76 valence electrons. The molecule has 0 aliphatic rings. The zero-order chi connectivity index (χ0) is 10.3. The second-order valence-corrected chi connectivity index (χ2v) is 2.79. The lowest BCUT2D eigenvalue weighted by Gasteiger charge is -2.17. The second kappa shape index (κ2) is 6.42. The third kappa shape index (κ3) is 7.27. The summed E-state index contributed by atoms with van der Waals surface area (Å²) < 4.78 is 0. The van der Waals surface area contributed by atoms with Gasteiger partial charge < -0.3 is 15.7 Å². The molecule has 0 unspecified atom stereocenters. The second-order valence-electron chi connectivity index (χ2n) is 2.79. The van der Waals surface area contributed by atoms with Crippen LogP contribution in [0.5, 0.6) is 0 Å². The molecule has 0 aliphatic heterocycles. The van der Waals surface area contributed by atoms with Crippen molar-refractivity contribution < 1.29 is 14.7 Å². The number of hydrogen-bond donors (Lipinski definition) is 2. The smallest absolute Gasteiger partial charge is 0.304 e. The molecule has 0 aromatic heterocycles. The van der Waals surface area contributed by atoms with E-state index in [2.05, 4.69) is 0 Å². The number of nitrogens with zero attached hydrogens (tertiary/aromatic N) is 1. The molecule has 0 radical (unpaired) electrons. The molecule has 5 heteroatoms. The standard InChI is InChI=1S/C8H16N2O3/c1-2-10(5-3-7(9)11)6-4-8(12)13/h2-6H2,1H3,(H2,9,11)(H,12,13). The van der Waals surface area contributed by atoms with Crippen LogP contribution in [-0.2, 0) is 9.59 Å². The molecule has 0 fully saturated rings. The van der Waals surface area contributed by atoms with Crippen molar-refractivity contribution in [1.82, 2.24) is 4.90 Å². The first-order valence-corrected chi connectivity index (χ1v) is 4.28. The average molecular weight is 188 g/mol. The molecule has 0 saturated carbocycles. The molecule has 0 atom stereocenters. The molecule has 13 heavy (non-hydrogen) atoms. The fourth-order valence-corrected chi connectivity index (χ4v) is 0.950. The molecule has 0 spiro atoms. The summed E-state index contributed by atoms with van der Waals surface area (Å²) in [7, 11) is 0. The fourth-order valence-electron chi connectivity index (χ4n) is 0.950. The Kier molecular flexibility index (Phi) is 5.88. The number of carbonyl (C=O) groups excluding carboxylic acids is 1. The minimum atomic E-state index is -0.822. The van der Waals surface area contributed by atoms with E-state index in [-0.39, 0.29) is 18.7 Å². The minimum Gasteiger partial charge on any atom is -0.481 e. The SMILES string of the molecule is CCN(CCC(N)=O)CCC(=O)O. The molecule has 0 heterocycles. The van der Waals surface area contributed by atoms with Gasteiger partial charge in [-0.15, -0.1) is 0 Å². The van der Waals surface area contributed by atoms with Crippen LogP contribution in [0.15, 0.2) is 0 Å². The van der Waals surface area contributed by atoms with E-state index in [1.165, 1.54) is 0 Å². The minimum absolute atomic E-state index is 0.104. The van der Waals surface area contributed by atoms with E-state index in [9.17, 15) is 9.59 Å². The van der Waals surface area contributed by atoms with Crippen LogP contribution in [0.25, 0.3) is 0 Å². The van der Waals surface area contributed by atoms with Crippen LogP contribution < -0.4 is 5.73 Å². The van der Waals surface area contributed by atoms with Gasteiger partial charge in [0.25, 0.3) is 0 Å². The zero-order valence-corrected chi connectivity index (χ0v) is 7.82. The third-order valence-electron chi connectivity index (χ3n) is 1.76. The van der Waals surface area contributed by atoms with E-state index in [0.717, 1.165) is 6.54 Å². The van der Waals surface area contributed by atoms with Gasteiger partial charge in [0.15, 0.2) is 0 Å². The molecule has 1 amide bonds. The van der Waals surface area contributed by atoms with Gasteiger partial charge in [-0.2, -0.15) is 0 Å². The number of nitrogens with two attached hydrogens (primary N) is 1. The largest absolute Gasteiger partial charge is 0.481 e. The van der Waals surface area contributed by atoms with Gasteiger partial charge in [0.2, 0.25) is 5.91 Å². The molecule has 0 bridgehead atoms. The van der Waals surface area contributed by atoms with Crippen LogP contribution in [-0.4, -0.2) is 41.5 Å². The first-order valence-electron chi connectivity index (χ1n) is 4.28. The van der Waals surface area contributed by atoms with E-state index in [4.69, 9.17) is 10.8 Å². The Labute approximate surface area is 77.5 Å². The van der Waals surface area contributed by atoms with Crippen molar-refractivity contribution in [2.75, 3.05) is 19.6 Å². The first-order chi connectivity index (χ1) is 6.06. The highest BCUT2D eigenvalue weighted by Gasteiger charge is 2.06. The Morgan fingerprint density at radius 2 is 1.85 bits per heavy atom. The molecular formula is C8H16N2O3. The first kappa shape index (κ1) is 11.9. The number of carbonyl (C=O) groups is 2. The number of aliphatic carboxylic acids is 1. The Morgan fingerprint density at radius 3 is 2.23 bits per heavy atom. The highest BCUT2D eigenvalue weighted by molar-refractivity contribution is 5.73. The average Bonchev–Trinajstić information content (AvgIpc) is 2.04. The van der Waals surface area contributed by atoms with E-state index in [1.54, 1.807) is 0 Å². The number of primary amides is 1. The van der Waals surface area contributed by atoms with Crippen LogP contribution >= 0.6 is 0 Å². The summed E-state index contributed by atoms with van der Waals surface area (Å²) in [5.74, 6) is -1.17. The summed E-state index contributed by atoms with van der Waals surface area (Å²) in [6.45, 7) is 3.67. The summed E-state index contributed by atoms with van der Waals surface area (Å²) in [6.07, 6.45) is 0.389. The number of carboxylic acid groups (broad SMARTS) is 1. The summed E-state index contributed by atoms with van der Waals surface area (Å²) in [5, 5.41) is 8.42. The van der Waals surface area contributed by atoms with Crippen LogP contribution in [0.4, 0.5) is 0 Å². The van der Waals surface area contributed by atoms with Crippen LogP contribution in [0, 0.1) is 0 Å². The van der Waals surface area contributed by atoms with Crippen molar-refractivity contribution in [3.8, 4) is 0 Å². The lowest BCUT2D eigenvalue weighted by atomic mass is 10.3. The van der Waals surface area contributed by atoms with Crippen LogP contribution in [0.2, 0.25) is 0 Å². The van der Waals surface area contributed by atoms with Gasteiger partial charge in [-0.25, -0.2) is 0 Å². The third-order valence-corrected chi connectivity index (χ3v) is 1.76. The molecule has 5 nitrogen and oxygen atoms in total. The number of carboxylic acids is 1. The number of rotatable bonds is 7. The van der Waals surface area contributed by atoms with Crippen molar-refractivity contribution in [2.24, 2.45) is 5.73 Å². The van der Waals surface area contributed by atoms with Gasteiger partial charge in [0.05, 0.1) is 6.42 Å². The van der Waals surface area contributed by atoms with Crippen molar-refractivity contribution >= 4 is 11.9 Å². The van der Waals surface area contributed by atoms with Crippen molar-refractivity contribution in [1.29, 1.82) is 0 Å². The summed E-state index contributed by atoms with van der Waals surface area (Å²) in [6, 6.07) is 0.